The van der Waals surface area contributed by atoms with E-state index in [1.807, 2.05) is 13.8 Å². The Balaban J connectivity index is 4.20. The van der Waals surface area contributed by atoms with Gasteiger partial charge in [0.1, 0.15) is 0 Å². The Hall–Kier alpha value is -0.660. The number of sulfonamides is 1. The second kappa shape index (κ2) is 8.44. The summed E-state index contributed by atoms with van der Waals surface area (Å²) in [6, 6.07) is 0. The predicted octanol–water partition coefficient (Wildman–Crippen LogP) is 0.689. The lowest BCUT2D eigenvalue weighted by atomic mass is 9.98. The number of hydrogen-bond donors (Lipinski definition) is 2. The fourth-order valence-electron chi connectivity index (χ4n) is 1.53. The SMILES string of the molecule is COCCCS(=O)(=O)NCC(CC(C)C)C(=O)O. The molecule has 0 spiro atoms. The summed E-state index contributed by atoms with van der Waals surface area (Å²) in [4.78, 5) is 11.0. The maximum absolute atomic E-state index is 11.6. The molecule has 1 atom stereocenters. The van der Waals surface area contributed by atoms with Crippen molar-refractivity contribution < 1.29 is 23.1 Å². The molecule has 1 unspecified atom stereocenters. The van der Waals surface area contributed by atoms with E-state index in [1.165, 1.54) is 7.11 Å². The summed E-state index contributed by atoms with van der Waals surface area (Å²) < 4.78 is 30.2. The van der Waals surface area contributed by atoms with Crippen LogP contribution < -0.4 is 4.72 Å². The van der Waals surface area contributed by atoms with Gasteiger partial charge < -0.3 is 9.84 Å². The van der Waals surface area contributed by atoms with E-state index in [2.05, 4.69) is 4.72 Å². The number of carbonyl (C=O) groups is 1. The third-order valence-corrected chi connectivity index (χ3v) is 3.85. The molecule has 0 aromatic heterocycles. The maximum Gasteiger partial charge on any atom is 0.307 e. The second-order valence-corrected chi connectivity index (χ2v) is 6.60. The van der Waals surface area contributed by atoms with Gasteiger partial charge in [0.05, 0.1) is 11.7 Å². The fraction of sp³-hybridized carbons (Fsp3) is 0.909. The van der Waals surface area contributed by atoms with Crippen LogP contribution in [0.3, 0.4) is 0 Å². The third kappa shape index (κ3) is 8.43. The number of carboxylic acids is 1. The molecule has 0 rings (SSSR count). The van der Waals surface area contributed by atoms with E-state index in [0.717, 1.165) is 0 Å². The lowest BCUT2D eigenvalue weighted by molar-refractivity contribution is -0.142. The summed E-state index contributed by atoms with van der Waals surface area (Å²) in [5.41, 5.74) is 0. The van der Waals surface area contributed by atoms with Crippen LogP contribution in [0.4, 0.5) is 0 Å². The van der Waals surface area contributed by atoms with Crippen LogP contribution in [0, 0.1) is 11.8 Å². The Bertz CT molecular complexity index is 339. The molecule has 2 N–H and O–H groups in total. The van der Waals surface area contributed by atoms with E-state index in [-0.39, 0.29) is 18.2 Å². The van der Waals surface area contributed by atoms with Gasteiger partial charge in [-0.1, -0.05) is 13.8 Å². The standard InChI is InChI=1S/C11H23NO5S/c1-9(2)7-10(11(13)14)8-12-18(15,16)6-4-5-17-3/h9-10,12H,4-8H2,1-3H3,(H,13,14). The van der Waals surface area contributed by atoms with Crippen LogP contribution in [0.15, 0.2) is 0 Å². The summed E-state index contributed by atoms with van der Waals surface area (Å²) >= 11 is 0. The van der Waals surface area contributed by atoms with E-state index in [1.54, 1.807) is 0 Å². The normalized spacial score (nSPS) is 13.8. The number of aliphatic carboxylic acids is 1. The van der Waals surface area contributed by atoms with Gasteiger partial charge in [-0.15, -0.1) is 0 Å². The highest BCUT2D eigenvalue weighted by Crippen LogP contribution is 2.11. The first-order chi connectivity index (χ1) is 8.28. The lowest BCUT2D eigenvalue weighted by Gasteiger charge is -2.15. The molecule has 0 radical (unpaired) electrons. The molecule has 0 aliphatic rings. The van der Waals surface area contributed by atoms with Crippen molar-refractivity contribution in [2.45, 2.75) is 26.7 Å². The molecule has 0 amide bonds. The zero-order chi connectivity index (χ0) is 14.2. The second-order valence-electron chi connectivity index (χ2n) is 4.68. The molecule has 0 aliphatic carbocycles. The number of rotatable bonds is 10. The minimum Gasteiger partial charge on any atom is -0.481 e. The first kappa shape index (κ1) is 17.3. The van der Waals surface area contributed by atoms with Gasteiger partial charge in [-0.3, -0.25) is 4.79 Å². The number of carboxylic acid groups (broad SMARTS) is 1. The largest absolute Gasteiger partial charge is 0.481 e. The molecule has 0 heterocycles. The van der Waals surface area contributed by atoms with E-state index in [4.69, 9.17) is 9.84 Å². The predicted molar refractivity (Wildman–Crippen MR) is 68.9 cm³/mol. The fourth-order valence-corrected chi connectivity index (χ4v) is 2.63. The van der Waals surface area contributed by atoms with Crippen LogP contribution in [0.2, 0.25) is 0 Å². The lowest BCUT2D eigenvalue weighted by Crippen LogP contribution is -2.35. The molecule has 7 heteroatoms. The van der Waals surface area contributed by atoms with Gasteiger partial charge in [0.25, 0.3) is 0 Å². The highest BCUT2D eigenvalue weighted by Gasteiger charge is 2.21. The van der Waals surface area contributed by atoms with Gasteiger partial charge in [0.15, 0.2) is 0 Å². The van der Waals surface area contributed by atoms with Gasteiger partial charge in [-0.2, -0.15) is 0 Å². The Morgan fingerprint density at radius 3 is 2.44 bits per heavy atom. The third-order valence-electron chi connectivity index (χ3n) is 2.42. The molecule has 0 aromatic carbocycles. The Kier molecular flexibility index (Phi) is 8.13. The van der Waals surface area contributed by atoms with Gasteiger partial charge in [0.2, 0.25) is 10.0 Å². The Labute approximate surface area is 109 Å². The number of nitrogens with one attached hydrogen (secondary N) is 1. The van der Waals surface area contributed by atoms with Crippen LogP contribution in [-0.2, 0) is 19.6 Å². The Morgan fingerprint density at radius 1 is 1.39 bits per heavy atom. The highest BCUT2D eigenvalue weighted by atomic mass is 32.2. The zero-order valence-electron chi connectivity index (χ0n) is 11.2. The van der Waals surface area contributed by atoms with Crippen molar-refractivity contribution in [2.24, 2.45) is 11.8 Å². The van der Waals surface area contributed by atoms with Crippen molar-refractivity contribution in [3.8, 4) is 0 Å². The van der Waals surface area contributed by atoms with Crippen LogP contribution in [0.1, 0.15) is 26.7 Å². The number of methoxy groups -OCH3 is 1. The maximum atomic E-state index is 11.6. The first-order valence-electron chi connectivity index (χ1n) is 5.97. The number of ether oxygens (including phenoxy) is 1. The van der Waals surface area contributed by atoms with E-state index >= 15 is 0 Å². The topological polar surface area (TPSA) is 92.7 Å². The van der Waals surface area contributed by atoms with Gasteiger partial charge in [0, 0.05) is 20.3 Å². The molecule has 0 saturated heterocycles. The smallest absolute Gasteiger partial charge is 0.307 e. The average molecular weight is 281 g/mol. The molecular formula is C11H23NO5S. The molecule has 0 aliphatic heterocycles. The van der Waals surface area contributed by atoms with E-state index in [0.29, 0.717) is 19.4 Å². The summed E-state index contributed by atoms with van der Waals surface area (Å²) in [5, 5.41) is 8.98. The Morgan fingerprint density at radius 2 is 2.00 bits per heavy atom. The summed E-state index contributed by atoms with van der Waals surface area (Å²) in [5.74, 6) is -1.48. The van der Waals surface area contributed by atoms with Gasteiger partial charge >= 0.3 is 5.97 Å². The zero-order valence-corrected chi connectivity index (χ0v) is 12.0. The molecular weight excluding hydrogens is 258 g/mol. The van der Waals surface area contributed by atoms with Gasteiger partial charge in [-0.05, 0) is 18.8 Å². The summed E-state index contributed by atoms with van der Waals surface area (Å²) in [7, 11) is -1.91. The summed E-state index contributed by atoms with van der Waals surface area (Å²) in [6.07, 6.45) is 0.851. The molecule has 0 aromatic rings. The quantitative estimate of drug-likeness (QED) is 0.575. The van der Waals surface area contributed by atoms with Crippen molar-refractivity contribution in [3.63, 3.8) is 0 Å². The highest BCUT2D eigenvalue weighted by molar-refractivity contribution is 7.89. The number of hydrogen-bond acceptors (Lipinski definition) is 4. The minimum absolute atomic E-state index is 0.0468. The molecule has 0 fully saturated rings. The van der Waals surface area contributed by atoms with Crippen LogP contribution in [-0.4, -0.2) is 45.5 Å². The van der Waals surface area contributed by atoms with Crippen LogP contribution in [0.25, 0.3) is 0 Å². The minimum atomic E-state index is -3.41. The van der Waals surface area contributed by atoms with Crippen LogP contribution >= 0.6 is 0 Å². The molecule has 6 nitrogen and oxygen atoms in total. The van der Waals surface area contributed by atoms with E-state index in [9.17, 15) is 13.2 Å². The average Bonchev–Trinajstić information content (AvgIpc) is 2.23. The molecule has 18 heavy (non-hydrogen) atoms. The van der Waals surface area contributed by atoms with Crippen molar-refractivity contribution in [2.75, 3.05) is 26.0 Å². The van der Waals surface area contributed by atoms with Crippen molar-refractivity contribution in [3.05, 3.63) is 0 Å². The monoisotopic (exact) mass is 281 g/mol. The molecule has 0 bridgehead atoms. The van der Waals surface area contributed by atoms with Gasteiger partial charge in [-0.25, -0.2) is 13.1 Å². The van der Waals surface area contributed by atoms with Crippen molar-refractivity contribution in [1.82, 2.24) is 4.72 Å². The van der Waals surface area contributed by atoms with Crippen LogP contribution in [0.5, 0.6) is 0 Å². The summed E-state index contributed by atoms with van der Waals surface area (Å²) in [6.45, 7) is 4.13. The van der Waals surface area contributed by atoms with E-state index < -0.39 is 21.9 Å². The first-order valence-corrected chi connectivity index (χ1v) is 7.62. The van der Waals surface area contributed by atoms with Crippen molar-refractivity contribution in [1.29, 1.82) is 0 Å². The molecule has 108 valence electrons. The molecule has 0 saturated carbocycles. The van der Waals surface area contributed by atoms with Crippen molar-refractivity contribution >= 4 is 16.0 Å².